The van der Waals surface area contributed by atoms with Crippen LogP contribution < -0.4 is 5.73 Å². The zero-order valence-electron chi connectivity index (χ0n) is 4.83. The van der Waals surface area contributed by atoms with Gasteiger partial charge in [0.2, 0.25) is 0 Å². The first-order valence-electron chi connectivity index (χ1n) is 2.55. The summed E-state index contributed by atoms with van der Waals surface area (Å²) >= 11 is 0. The van der Waals surface area contributed by atoms with Gasteiger partial charge in [-0.1, -0.05) is 0 Å². The number of hydrogen-bond donors (Lipinski definition) is 1. The van der Waals surface area contributed by atoms with E-state index in [1.807, 2.05) is 6.92 Å². The van der Waals surface area contributed by atoms with E-state index in [-0.39, 0.29) is 5.54 Å². The zero-order valence-corrected chi connectivity index (χ0v) is 4.83. The van der Waals surface area contributed by atoms with Crippen LogP contribution in [-0.4, -0.2) is 24.6 Å². The fraction of sp³-hybridized carbons (Fsp3) is 0.600. The fourth-order valence-electron chi connectivity index (χ4n) is 0.498. The number of rotatable bonds is 1. The van der Waals surface area contributed by atoms with Gasteiger partial charge in [-0.2, -0.15) is 0 Å². The molecule has 44 valence electrons. The van der Waals surface area contributed by atoms with Crippen LogP contribution in [0.25, 0.3) is 0 Å². The molecule has 0 aromatic carbocycles. The molecule has 1 aliphatic rings. The van der Waals surface area contributed by atoms with Crippen molar-refractivity contribution in [1.82, 2.24) is 0 Å². The quantitative estimate of drug-likeness (QED) is 0.501. The van der Waals surface area contributed by atoms with E-state index in [4.69, 9.17) is 5.73 Å². The molecule has 0 amide bonds. The maximum absolute atomic E-state index is 5.36. The highest BCUT2D eigenvalue weighted by Crippen LogP contribution is 2.06. The van der Waals surface area contributed by atoms with Crippen molar-refractivity contribution in [1.29, 1.82) is 0 Å². The minimum atomic E-state index is -0.208. The van der Waals surface area contributed by atoms with Gasteiger partial charge >= 0.3 is 0 Å². The van der Waals surface area contributed by atoms with Gasteiger partial charge in [0.15, 0.2) is 0 Å². The number of hydrogen-bond acceptors (Lipinski definition) is 3. The Bertz CT molecular complexity index is 125. The van der Waals surface area contributed by atoms with Gasteiger partial charge < -0.3 is 5.73 Å². The third kappa shape index (κ3) is 0.767. The minimum absolute atomic E-state index is 0.208. The van der Waals surface area contributed by atoms with Crippen LogP contribution >= 0.6 is 0 Å². The second-order valence-electron chi connectivity index (χ2n) is 2.08. The molecule has 3 heteroatoms. The topological polar surface area (TPSA) is 50.7 Å². The zero-order chi connectivity index (χ0) is 6.04. The Hall–Kier alpha value is -0.700. The summed E-state index contributed by atoms with van der Waals surface area (Å²) in [5, 5.41) is 0. The largest absolute Gasteiger partial charge is 0.328 e. The molecule has 0 bridgehead atoms. The molecule has 8 heavy (non-hydrogen) atoms. The summed E-state index contributed by atoms with van der Waals surface area (Å²) in [4.78, 5) is 7.82. The van der Waals surface area contributed by atoms with Crippen molar-refractivity contribution in [2.75, 3.05) is 6.54 Å². The van der Waals surface area contributed by atoms with E-state index in [1.165, 1.54) is 6.34 Å². The Morgan fingerprint density at radius 3 is 2.75 bits per heavy atom. The standard InChI is InChI=1S/C5H9N3/c1-5(2-6)3-7-4-8-5/h3-4H,2,6H2,1H3. The van der Waals surface area contributed by atoms with Crippen LogP contribution in [0.1, 0.15) is 6.92 Å². The van der Waals surface area contributed by atoms with E-state index in [2.05, 4.69) is 9.98 Å². The van der Waals surface area contributed by atoms with Crippen molar-refractivity contribution in [2.24, 2.45) is 15.7 Å². The molecule has 0 saturated heterocycles. The Labute approximate surface area is 48.3 Å². The molecule has 0 radical (unpaired) electrons. The molecule has 0 aliphatic carbocycles. The lowest BCUT2D eigenvalue weighted by Crippen LogP contribution is -2.31. The van der Waals surface area contributed by atoms with E-state index in [9.17, 15) is 0 Å². The molecule has 0 aromatic rings. The van der Waals surface area contributed by atoms with E-state index in [0.717, 1.165) is 0 Å². The summed E-state index contributed by atoms with van der Waals surface area (Å²) in [5.74, 6) is 0. The summed E-state index contributed by atoms with van der Waals surface area (Å²) in [6, 6.07) is 0. The van der Waals surface area contributed by atoms with Crippen molar-refractivity contribution in [3.63, 3.8) is 0 Å². The number of aliphatic imine (C=N–C) groups is 2. The number of nitrogens with two attached hydrogens (primary N) is 1. The van der Waals surface area contributed by atoms with Crippen LogP contribution in [0.2, 0.25) is 0 Å². The summed E-state index contributed by atoms with van der Waals surface area (Å²) in [5.41, 5.74) is 5.15. The summed E-state index contributed by atoms with van der Waals surface area (Å²) in [7, 11) is 0. The molecular formula is C5H9N3. The van der Waals surface area contributed by atoms with Crippen molar-refractivity contribution in [2.45, 2.75) is 12.5 Å². The predicted molar refractivity (Wildman–Crippen MR) is 34.4 cm³/mol. The Morgan fingerprint density at radius 1 is 1.75 bits per heavy atom. The molecule has 1 aliphatic heterocycles. The summed E-state index contributed by atoms with van der Waals surface area (Å²) in [6.07, 6.45) is 3.29. The van der Waals surface area contributed by atoms with Crippen LogP contribution in [0, 0.1) is 0 Å². The molecule has 0 aromatic heterocycles. The molecule has 0 fully saturated rings. The second kappa shape index (κ2) is 1.67. The Morgan fingerprint density at radius 2 is 2.50 bits per heavy atom. The molecule has 3 nitrogen and oxygen atoms in total. The van der Waals surface area contributed by atoms with E-state index in [0.29, 0.717) is 6.54 Å². The van der Waals surface area contributed by atoms with Gasteiger partial charge in [0.05, 0.1) is 0 Å². The SMILES string of the molecule is CC1(CN)C=NC=N1. The lowest BCUT2D eigenvalue weighted by molar-refractivity contribution is 0.665. The van der Waals surface area contributed by atoms with Gasteiger partial charge in [0.1, 0.15) is 11.9 Å². The molecule has 1 atom stereocenters. The predicted octanol–water partition coefficient (Wildman–Crippen LogP) is -0.183. The van der Waals surface area contributed by atoms with Gasteiger partial charge in [-0.15, -0.1) is 0 Å². The maximum atomic E-state index is 5.36. The molecular weight excluding hydrogens is 102 g/mol. The Balaban J connectivity index is 2.69. The van der Waals surface area contributed by atoms with Crippen LogP contribution in [-0.2, 0) is 0 Å². The molecule has 1 unspecified atom stereocenters. The van der Waals surface area contributed by atoms with Gasteiger partial charge in [-0.05, 0) is 6.92 Å². The maximum Gasteiger partial charge on any atom is 0.110 e. The first kappa shape index (κ1) is 5.44. The normalized spacial score (nSPS) is 34.2. The minimum Gasteiger partial charge on any atom is -0.328 e. The Kier molecular flexibility index (Phi) is 1.13. The first-order valence-corrected chi connectivity index (χ1v) is 2.55. The summed E-state index contributed by atoms with van der Waals surface area (Å²) < 4.78 is 0. The molecule has 1 rings (SSSR count). The lowest BCUT2D eigenvalue weighted by Gasteiger charge is -2.11. The van der Waals surface area contributed by atoms with Crippen molar-refractivity contribution < 1.29 is 0 Å². The molecule has 1 heterocycles. The van der Waals surface area contributed by atoms with Gasteiger partial charge in [-0.3, -0.25) is 4.99 Å². The molecule has 0 saturated carbocycles. The lowest BCUT2D eigenvalue weighted by atomic mass is 10.1. The van der Waals surface area contributed by atoms with Crippen molar-refractivity contribution in [3.8, 4) is 0 Å². The molecule has 0 spiro atoms. The molecule has 2 N–H and O–H groups in total. The smallest absolute Gasteiger partial charge is 0.110 e. The van der Waals surface area contributed by atoms with Crippen LogP contribution in [0.4, 0.5) is 0 Å². The number of nitrogens with zero attached hydrogens (tertiary/aromatic N) is 2. The average Bonchev–Trinajstić information content (AvgIpc) is 2.17. The van der Waals surface area contributed by atoms with Crippen LogP contribution in [0.15, 0.2) is 9.98 Å². The van der Waals surface area contributed by atoms with Crippen molar-refractivity contribution in [3.05, 3.63) is 0 Å². The van der Waals surface area contributed by atoms with Gasteiger partial charge in [0, 0.05) is 12.8 Å². The van der Waals surface area contributed by atoms with Crippen molar-refractivity contribution >= 4 is 12.6 Å². The van der Waals surface area contributed by atoms with Gasteiger partial charge in [-0.25, -0.2) is 4.99 Å². The van der Waals surface area contributed by atoms with Crippen LogP contribution in [0.5, 0.6) is 0 Å². The summed E-state index contributed by atoms with van der Waals surface area (Å²) in [6.45, 7) is 2.48. The van der Waals surface area contributed by atoms with Crippen LogP contribution in [0.3, 0.4) is 0 Å². The highest BCUT2D eigenvalue weighted by molar-refractivity contribution is 5.85. The third-order valence-corrected chi connectivity index (χ3v) is 1.19. The van der Waals surface area contributed by atoms with E-state index in [1.54, 1.807) is 6.21 Å². The van der Waals surface area contributed by atoms with Gasteiger partial charge in [0.25, 0.3) is 0 Å². The fourth-order valence-corrected chi connectivity index (χ4v) is 0.498. The van der Waals surface area contributed by atoms with E-state index >= 15 is 0 Å². The third-order valence-electron chi connectivity index (χ3n) is 1.19. The van der Waals surface area contributed by atoms with E-state index < -0.39 is 0 Å². The second-order valence-corrected chi connectivity index (χ2v) is 2.08. The monoisotopic (exact) mass is 111 g/mol. The first-order chi connectivity index (χ1) is 3.77. The highest BCUT2D eigenvalue weighted by Gasteiger charge is 2.19. The highest BCUT2D eigenvalue weighted by atomic mass is 15.0. The average molecular weight is 111 g/mol.